The zero-order chi connectivity index (χ0) is 4.28. The highest BCUT2D eigenvalue weighted by atomic mass is 19.1. The van der Waals surface area contributed by atoms with Crippen molar-refractivity contribution in [2.75, 3.05) is 0 Å². The van der Waals surface area contributed by atoms with E-state index in [-0.39, 0.29) is 0 Å². The first-order chi connectivity index (χ1) is 2.27. The van der Waals surface area contributed by atoms with E-state index in [2.05, 4.69) is 12.3 Å². The molecule has 0 saturated heterocycles. The van der Waals surface area contributed by atoms with E-state index in [0.29, 0.717) is 0 Å². The van der Waals surface area contributed by atoms with E-state index in [4.69, 9.17) is 0 Å². The molecule has 0 amide bonds. The molecule has 0 saturated carbocycles. The maximum absolute atomic E-state index is 11.1. The molecule has 0 bridgehead atoms. The molecule has 1 nitrogen and oxygen atoms in total. The Kier molecular flexibility index (Phi) is 1.76. The molecule has 0 aliphatic heterocycles. The van der Waals surface area contributed by atoms with Crippen LogP contribution in [0.4, 0.5) is 4.39 Å². The van der Waals surface area contributed by atoms with Crippen LogP contribution in [0.25, 0.3) is 0 Å². The molecule has 0 rings (SSSR count). The Balaban J connectivity index is 2.83. The summed E-state index contributed by atoms with van der Waals surface area (Å²) < 4.78 is 11.1. The van der Waals surface area contributed by atoms with Crippen LogP contribution >= 0.6 is 0 Å². The highest BCUT2D eigenvalue weighted by Gasteiger charge is 1.79. The van der Waals surface area contributed by atoms with Crippen LogP contribution in [0.5, 0.6) is 0 Å². The largest absolute Gasteiger partial charge is 0.298 e. The van der Waals surface area contributed by atoms with Crippen LogP contribution in [0, 0.1) is 0 Å². The zero-order valence-electron chi connectivity index (χ0n) is 2.82. The molecule has 0 aromatic carbocycles. The molecule has 0 radical (unpaired) electrons. The molecule has 30 valence electrons. The first-order valence-corrected chi connectivity index (χ1v) is 1.29. The van der Waals surface area contributed by atoms with Crippen molar-refractivity contribution in [1.82, 2.24) is 0 Å². The summed E-state index contributed by atoms with van der Waals surface area (Å²) in [5.74, 6) is 0. The molecule has 0 aromatic rings. The van der Waals surface area contributed by atoms with Gasteiger partial charge in [0.25, 0.3) is 0 Å². The Morgan fingerprint density at radius 1 is 2.00 bits per heavy atom. The zero-order valence-corrected chi connectivity index (χ0v) is 2.82. The quantitative estimate of drug-likeness (QED) is 0.355. The van der Waals surface area contributed by atoms with E-state index in [1.54, 1.807) is 0 Å². The molecule has 1 atom stereocenters. The Morgan fingerprint density at radius 3 is 2.20 bits per heavy atom. The Morgan fingerprint density at radius 2 is 2.20 bits per heavy atom. The van der Waals surface area contributed by atoms with Crippen molar-refractivity contribution in [3.05, 3.63) is 12.7 Å². The molecular formula is C3H6FN. The predicted molar refractivity (Wildman–Crippen MR) is 19.3 cm³/mol. The standard InChI is InChI=1S/C3H6FN/c1-2-3(4)5/h2-3H,1,5H2. The van der Waals surface area contributed by atoms with E-state index in [1.807, 2.05) is 0 Å². The molecular weight excluding hydrogens is 69.0 g/mol. The lowest BCUT2D eigenvalue weighted by Gasteiger charge is -1.81. The molecule has 2 N–H and O–H groups in total. The van der Waals surface area contributed by atoms with E-state index in [0.717, 1.165) is 6.08 Å². The minimum atomic E-state index is -1.35. The second-order valence-electron chi connectivity index (χ2n) is 0.680. The van der Waals surface area contributed by atoms with Gasteiger partial charge in [-0.15, -0.1) is 0 Å². The highest BCUT2D eigenvalue weighted by molar-refractivity contribution is 4.71. The molecule has 2 heteroatoms. The summed E-state index contributed by atoms with van der Waals surface area (Å²) >= 11 is 0. The normalized spacial score (nSPS) is 14.0. The number of alkyl halides is 1. The van der Waals surface area contributed by atoms with Crippen molar-refractivity contribution < 1.29 is 4.39 Å². The van der Waals surface area contributed by atoms with E-state index >= 15 is 0 Å². The molecule has 0 spiro atoms. The van der Waals surface area contributed by atoms with Gasteiger partial charge in [0.05, 0.1) is 0 Å². The average molecular weight is 75.1 g/mol. The summed E-state index contributed by atoms with van der Waals surface area (Å²) in [6.45, 7) is 3.06. The third-order valence-corrected chi connectivity index (χ3v) is 0.225. The van der Waals surface area contributed by atoms with Crippen molar-refractivity contribution >= 4 is 0 Å². The second-order valence-corrected chi connectivity index (χ2v) is 0.680. The molecule has 0 fully saturated rings. The van der Waals surface area contributed by atoms with Gasteiger partial charge in [-0.05, 0) is 6.08 Å². The number of hydrogen-bond donors (Lipinski definition) is 1. The molecule has 5 heavy (non-hydrogen) atoms. The Hall–Kier alpha value is -0.370. The lowest BCUT2D eigenvalue weighted by Crippen LogP contribution is -2.06. The maximum Gasteiger partial charge on any atom is 0.167 e. The molecule has 0 heterocycles. The highest BCUT2D eigenvalue weighted by Crippen LogP contribution is 1.73. The average Bonchev–Trinajstić information content (AvgIpc) is 1.38. The summed E-state index contributed by atoms with van der Waals surface area (Å²) in [5, 5.41) is 0. The van der Waals surface area contributed by atoms with Crippen molar-refractivity contribution in [2.45, 2.75) is 6.30 Å². The molecule has 0 aromatic heterocycles. The lowest BCUT2D eigenvalue weighted by molar-refractivity contribution is 0.413. The smallest absolute Gasteiger partial charge is 0.167 e. The van der Waals surface area contributed by atoms with Gasteiger partial charge in [0.15, 0.2) is 6.30 Å². The number of rotatable bonds is 1. The number of hydrogen-bond acceptors (Lipinski definition) is 1. The second kappa shape index (κ2) is 1.91. The Bertz CT molecular complexity index is 33.9. The van der Waals surface area contributed by atoms with Crippen LogP contribution in [-0.4, -0.2) is 6.30 Å². The fraction of sp³-hybridized carbons (Fsp3) is 0.333. The van der Waals surface area contributed by atoms with Gasteiger partial charge in [-0.2, -0.15) is 0 Å². The van der Waals surface area contributed by atoms with Gasteiger partial charge in [0, 0.05) is 0 Å². The maximum atomic E-state index is 11.1. The van der Waals surface area contributed by atoms with E-state index < -0.39 is 6.30 Å². The fourth-order valence-electron chi connectivity index (χ4n) is 0. The monoisotopic (exact) mass is 75.0 g/mol. The lowest BCUT2D eigenvalue weighted by atomic mass is 10.6. The van der Waals surface area contributed by atoms with Crippen LogP contribution in [0.15, 0.2) is 12.7 Å². The first-order valence-electron chi connectivity index (χ1n) is 1.29. The molecule has 0 aliphatic rings. The van der Waals surface area contributed by atoms with Crippen LogP contribution in [0.1, 0.15) is 0 Å². The molecule has 0 aliphatic carbocycles. The third kappa shape index (κ3) is 3.63. The molecule has 1 unspecified atom stereocenters. The van der Waals surface area contributed by atoms with Gasteiger partial charge in [0.2, 0.25) is 0 Å². The summed E-state index contributed by atoms with van der Waals surface area (Å²) in [5.41, 5.74) is 4.51. The van der Waals surface area contributed by atoms with Crippen molar-refractivity contribution in [3.8, 4) is 0 Å². The van der Waals surface area contributed by atoms with Gasteiger partial charge >= 0.3 is 0 Å². The van der Waals surface area contributed by atoms with Crippen molar-refractivity contribution in [2.24, 2.45) is 5.73 Å². The van der Waals surface area contributed by atoms with E-state index in [9.17, 15) is 4.39 Å². The van der Waals surface area contributed by atoms with Gasteiger partial charge in [-0.3, -0.25) is 5.73 Å². The van der Waals surface area contributed by atoms with Gasteiger partial charge in [0.1, 0.15) is 0 Å². The summed E-state index contributed by atoms with van der Waals surface area (Å²) in [7, 11) is 0. The Labute approximate surface area is 30.3 Å². The van der Waals surface area contributed by atoms with Crippen LogP contribution < -0.4 is 5.73 Å². The van der Waals surface area contributed by atoms with Gasteiger partial charge in [-0.25, -0.2) is 4.39 Å². The minimum absolute atomic E-state index is 1.03. The van der Waals surface area contributed by atoms with Crippen molar-refractivity contribution in [3.63, 3.8) is 0 Å². The van der Waals surface area contributed by atoms with Crippen LogP contribution in [0.2, 0.25) is 0 Å². The first kappa shape index (κ1) is 4.63. The number of nitrogens with two attached hydrogens (primary N) is 1. The van der Waals surface area contributed by atoms with Crippen LogP contribution in [0.3, 0.4) is 0 Å². The predicted octanol–water partition coefficient (Wildman–Crippen LogP) is 0.427. The third-order valence-electron chi connectivity index (χ3n) is 0.225. The summed E-state index contributed by atoms with van der Waals surface area (Å²) in [6, 6.07) is 0. The number of halogens is 1. The van der Waals surface area contributed by atoms with Gasteiger partial charge in [-0.1, -0.05) is 6.58 Å². The topological polar surface area (TPSA) is 26.0 Å². The van der Waals surface area contributed by atoms with Gasteiger partial charge < -0.3 is 0 Å². The SMILES string of the molecule is C=CC(N)F. The summed E-state index contributed by atoms with van der Waals surface area (Å²) in [4.78, 5) is 0. The fourth-order valence-corrected chi connectivity index (χ4v) is 0. The van der Waals surface area contributed by atoms with E-state index in [1.165, 1.54) is 0 Å². The van der Waals surface area contributed by atoms with Crippen LogP contribution in [-0.2, 0) is 0 Å². The summed E-state index contributed by atoms with van der Waals surface area (Å²) in [6.07, 6.45) is -0.324. The minimum Gasteiger partial charge on any atom is -0.298 e. The van der Waals surface area contributed by atoms with Crippen molar-refractivity contribution in [1.29, 1.82) is 0 Å².